The number of aryl methyl sites for hydroxylation is 2. The molecule has 4 nitrogen and oxygen atoms in total. The van der Waals surface area contributed by atoms with Crippen molar-refractivity contribution in [3.63, 3.8) is 0 Å². The van der Waals surface area contributed by atoms with Crippen molar-refractivity contribution < 1.29 is 8.42 Å². The molecule has 0 aromatic heterocycles. The first kappa shape index (κ1) is 14.9. The van der Waals surface area contributed by atoms with Crippen molar-refractivity contribution in [1.29, 1.82) is 0 Å². The maximum Gasteiger partial charge on any atom is 0.236 e. The highest BCUT2D eigenvalue weighted by atomic mass is 32.2. The molecule has 0 unspecified atom stereocenters. The van der Waals surface area contributed by atoms with Crippen LogP contribution in [0.25, 0.3) is 0 Å². The molecular weight excluding hydrogens is 296 g/mol. The van der Waals surface area contributed by atoms with Crippen molar-refractivity contribution in [1.82, 2.24) is 0 Å². The zero-order chi connectivity index (χ0) is 15.6. The summed E-state index contributed by atoms with van der Waals surface area (Å²) in [6, 6.07) is 13.2. The van der Waals surface area contributed by atoms with E-state index >= 15 is 0 Å². The molecule has 1 aliphatic rings. The minimum absolute atomic E-state index is 0.0113. The molecule has 3 rings (SSSR count). The van der Waals surface area contributed by atoms with E-state index in [-0.39, 0.29) is 5.75 Å². The summed E-state index contributed by atoms with van der Waals surface area (Å²) >= 11 is 0. The molecule has 0 saturated carbocycles. The van der Waals surface area contributed by atoms with Gasteiger partial charge in [0.15, 0.2) is 0 Å². The topological polar surface area (TPSA) is 58.2 Å². The van der Waals surface area contributed by atoms with Gasteiger partial charge in [-0.2, -0.15) is 0 Å². The van der Waals surface area contributed by atoms with Crippen LogP contribution in [0.5, 0.6) is 0 Å². The average molecular weight is 316 g/mol. The summed E-state index contributed by atoms with van der Waals surface area (Å²) in [5.41, 5.74) is 4.82. The van der Waals surface area contributed by atoms with E-state index in [0.717, 1.165) is 36.2 Å². The number of hydrogen-bond donors (Lipinski definition) is 2. The first-order valence-corrected chi connectivity index (χ1v) is 9.10. The second-order valence-corrected chi connectivity index (χ2v) is 7.47. The summed E-state index contributed by atoms with van der Waals surface area (Å²) in [6.45, 7) is 2.96. The second kappa shape index (κ2) is 6.01. The number of nitrogens with one attached hydrogen (secondary N) is 2. The minimum atomic E-state index is -3.40. The Hall–Kier alpha value is -2.01. The number of fused-ring (bicyclic) bond motifs is 1. The highest BCUT2D eigenvalue weighted by molar-refractivity contribution is 7.91. The van der Waals surface area contributed by atoms with Crippen LogP contribution in [-0.4, -0.2) is 15.0 Å². The Kier molecular flexibility index (Phi) is 4.07. The van der Waals surface area contributed by atoms with Gasteiger partial charge >= 0.3 is 0 Å². The van der Waals surface area contributed by atoms with Crippen molar-refractivity contribution in [2.45, 2.75) is 25.5 Å². The van der Waals surface area contributed by atoms with Crippen LogP contribution in [0.15, 0.2) is 42.5 Å². The maximum absolute atomic E-state index is 12.3. The molecule has 2 aromatic carbocycles. The van der Waals surface area contributed by atoms with Crippen LogP contribution in [0.3, 0.4) is 0 Å². The molecule has 0 saturated heterocycles. The summed E-state index contributed by atoms with van der Waals surface area (Å²) in [5, 5.41) is 3.32. The molecule has 0 fully saturated rings. The number of anilines is 2. The lowest BCUT2D eigenvalue weighted by atomic mass is 10.0. The molecule has 2 aromatic rings. The van der Waals surface area contributed by atoms with Crippen LogP contribution in [0.4, 0.5) is 11.4 Å². The first-order chi connectivity index (χ1) is 10.5. The molecular formula is C17H20N2O2S. The van der Waals surface area contributed by atoms with Crippen LogP contribution < -0.4 is 10.0 Å². The Morgan fingerprint density at radius 3 is 2.68 bits per heavy atom. The van der Waals surface area contributed by atoms with E-state index in [2.05, 4.69) is 10.0 Å². The molecule has 0 radical (unpaired) electrons. The van der Waals surface area contributed by atoms with Gasteiger partial charge in [-0.25, -0.2) is 8.42 Å². The normalized spacial score (nSPS) is 14.0. The van der Waals surface area contributed by atoms with Crippen molar-refractivity contribution in [2.24, 2.45) is 0 Å². The largest absolute Gasteiger partial charge is 0.385 e. The van der Waals surface area contributed by atoms with Gasteiger partial charge in [-0.3, -0.25) is 4.72 Å². The van der Waals surface area contributed by atoms with Gasteiger partial charge in [-0.1, -0.05) is 29.8 Å². The molecule has 5 heteroatoms. The lowest BCUT2D eigenvalue weighted by Crippen LogP contribution is -2.16. The Bertz CT molecular complexity index is 768. The van der Waals surface area contributed by atoms with Crippen molar-refractivity contribution >= 4 is 21.4 Å². The van der Waals surface area contributed by atoms with Gasteiger partial charge in [0.2, 0.25) is 10.0 Å². The highest BCUT2D eigenvalue weighted by Crippen LogP contribution is 2.26. The van der Waals surface area contributed by atoms with E-state index in [1.165, 1.54) is 5.56 Å². The molecule has 0 aliphatic carbocycles. The van der Waals surface area contributed by atoms with Crippen LogP contribution in [0, 0.1) is 6.92 Å². The Labute approximate surface area is 131 Å². The average Bonchev–Trinajstić information content (AvgIpc) is 2.49. The zero-order valence-corrected chi connectivity index (χ0v) is 13.4. The molecule has 22 heavy (non-hydrogen) atoms. The fourth-order valence-corrected chi connectivity index (χ4v) is 3.85. The lowest BCUT2D eigenvalue weighted by molar-refractivity contribution is 0.600. The summed E-state index contributed by atoms with van der Waals surface area (Å²) < 4.78 is 27.3. The Balaban J connectivity index is 1.75. The molecule has 1 aliphatic heterocycles. The van der Waals surface area contributed by atoms with Gasteiger partial charge in [0, 0.05) is 17.9 Å². The molecule has 116 valence electrons. The van der Waals surface area contributed by atoms with Crippen LogP contribution in [0.2, 0.25) is 0 Å². The van der Waals surface area contributed by atoms with Gasteiger partial charge in [0.1, 0.15) is 0 Å². The SMILES string of the molecule is Cc1ccc(CS(=O)(=O)Nc2ccc3c(c2)CCCN3)cc1. The Morgan fingerprint density at radius 1 is 1.14 bits per heavy atom. The first-order valence-electron chi connectivity index (χ1n) is 7.45. The van der Waals surface area contributed by atoms with Gasteiger partial charge in [-0.05, 0) is 49.1 Å². The Morgan fingerprint density at radius 2 is 1.91 bits per heavy atom. The summed E-state index contributed by atoms with van der Waals surface area (Å²) in [5.74, 6) is -0.0113. The number of hydrogen-bond acceptors (Lipinski definition) is 3. The van der Waals surface area contributed by atoms with E-state index in [1.54, 1.807) is 0 Å². The van der Waals surface area contributed by atoms with Crippen LogP contribution >= 0.6 is 0 Å². The summed E-state index contributed by atoms with van der Waals surface area (Å²) in [4.78, 5) is 0. The fraction of sp³-hybridized carbons (Fsp3) is 0.294. The van der Waals surface area contributed by atoms with Crippen LogP contribution in [-0.2, 0) is 22.2 Å². The van der Waals surface area contributed by atoms with Gasteiger partial charge < -0.3 is 5.32 Å². The minimum Gasteiger partial charge on any atom is -0.385 e. The van der Waals surface area contributed by atoms with Gasteiger partial charge in [0.05, 0.1) is 5.75 Å². The van der Waals surface area contributed by atoms with E-state index in [0.29, 0.717) is 5.69 Å². The lowest BCUT2D eigenvalue weighted by Gasteiger charge is -2.19. The van der Waals surface area contributed by atoms with Crippen molar-refractivity contribution in [3.05, 3.63) is 59.2 Å². The van der Waals surface area contributed by atoms with Gasteiger partial charge in [-0.15, -0.1) is 0 Å². The standard InChI is InChI=1S/C17H20N2O2S/c1-13-4-6-14(7-5-13)12-22(20,21)19-16-8-9-17-15(11-16)3-2-10-18-17/h4-9,11,18-19H,2-3,10,12H2,1H3. The third-order valence-corrected chi connectivity index (χ3v) is 5.05. The van der Waals surface area contributed by atoms with Crippen molar-refractivity contribution in [2.75, 3.05) is 16.6 Å². The zero-order valence-electron chi connectivity index (χ0n) is 12.6. The van der Waals surface area contributed by atoms with E-state index < -0.39 is 10.0 Å². The highest BCUT2D eigenvalue weighted by Gasteiger charge is 2.14. The molecule has 0 amide bonds. The molecule has 1 heterocycles. The summed E-state index contributed by atoms with van der Waals surface area (Å²) in [6.07, 6.45) is 2.06. The monoisotopic (exact) mass is 316 g/mol. The fourth-order valence-electron chi connectivity index (χ4n) is 2.66. The quantitative estimate of drug-likeness (QED) is 0.910. The predicted molar refractivity (Wildman–Crippen MR) is 90.7 cm³/mol. The van der Waals surface area contributed by atoms with Crippen LogP contribution in [0.1, 0.15) is 23.1 Å². The van der Waals surface area contributed by atoms with E-state index in [1.807, 2.05) is 49.4 Å². The van der Waals surface area contributed by atoms with Crippen molar-refractivity contribution in [3.8, 4) is 0 Å². The smallest absolute Gasteiger partial charge is 0.236 e. The predicted octanol–water partition coefficient (Wildman–Crippen LogP) is 3.30. The van der Waals surface area contributed by atoms with Gasteiger partial charge in [0.25, 0.3) is 0 Å². The van der Waals surface area contributed by atoms with E-state index in [9.17, 15) is 8.42 Å². The summed E-state index contributed by atoms with van der Waals surface area (Å²) in [7, 11) is -3.40. The van der Waals surface area contributed by atoms with E-state index in [4.69, 9.17) is 0 Å². The second-order valence-electron chi connectivity index (χ2n) is 5.75. The molecule has 0 bridgehead atoms. The molecule has 0 atom stereocenters. The number of rotatable bonds is 4. The third-order valence-electron chi connectivity index (χ3n) is 3.79. The number of benzene rings is 2. The third kappa shape index (κ3) is 3.60. The molecule has 2 N–H and O–H groups in total. The number of sulfonamides is 1. The molecule has 0 spiro atoms. The maximum atomic E-state index is 12.3.